The van der Waals surface area contributed by atoms with Gasteiger partial charge in [-0.05, 0) is 39.3 Å². The van der Waals surface area contributed by atoms with E-state index in [0.29, 0.717) is 24.5 Å². The molecule has 1 fully saturated rings. The lowest BCUT2D eigenvalue weighted by atomic mass is 10.1. The highest BCUT2D eigenvalue weighted by atomic mass is 16.5. The molecule has 0 spiro atoms. The summed E-state index contributed by atoms with van der Waals surface area (Å²) in [6.45, 7) is 10.4. The van der Waals surface area contributed by atoms with Crippen molar-refractivity contribution < 1.29 is 4.74 Å². The van der Waals surface area contributed by atoms with Gasteiger partial charge in [-0.3, -0.25) is 0 Å². The standard InChI is InChI=1S/C15H26N4O/c1-4-9-20-14-10-12(3)16-15(18-14)17-13-7-6-8-19(5-2)11-13/h10,13H,4-9,11H2,1-3H3,(H,16,17,18). The normalized spacial score (nSPS) is 19.9. The van der Waals surface area contributed by atoms with E-state index in [1.165, 1.54) is 19.4 Å². The highest BCUT2D eigenvalue weighted by Crippen LogP contribution is 2.16. The van der Waals surface area contributed by atoms with Crippen molar-refractivity contribution in [2.75, 3.05) is 31.6 Å². The molecule has 1 aromatic rings. The fraction of sp³-hybridized carbons (Fsp3) is 0.733. The van der Waals surface area contributed by atoms with Gasteiger partial charge in [0.15, 0.2) is 0 Å². The molecule has 0 saturated carbocycles. The van der Waals surface area contributed by atoms with E-state index in [2.05, 4.69) is 34.0 Å². The molecule has 0 amide bonds. The van der Waals surface area contributed by atoms with Crippen LogP contribution >= 0.6 is 0 Å². The summed E-state index contributed by atoms with van der Waals surface area (Å²) in [6.07, 6.45) is 3.40. The zero-order valence-electron chi connectivity index (χ0n) is 12.9. The van der Waals surface area contributed by atoms with Gasteiger partial charge in [0.2, 0.25) is 11.8 Å². The van der Waals surface area contributed by atoms with E-state index in [9.17, 15) is 0 Å². The summed E-state index contributed by atoms with van der Waals surface area (Å²) in [4.78, 5) is 11.4. The summed E-state index contributed by atoms with van der Waals surface area (Å²) in [5.41, 5.74) is 0.941. The monoisotopic (exact) mass is 278 g/mol. The van der Waals surface area contributed by atoms with Crippen LogP contribution in [0.25, 0.3) is 0 Å². The van der Waals surface area contributed by atoms with E-state index in [1.54, 1.807) is 0 Å². The number of rotatable bonds is 6. The molecular weight excluding hydrogens is 252 g/mol. The Bertz CT molecular complexity index is 424. The number of aromatic nitrogens is 2. The van der Waals surface area contributed by atoms with Gasteiger partial charge in [0, 0.05) is 24.3 Å². The first-order chi connectivity index (χ1) is 9.71. The molecule has 1 aliphatic rings. The Kier molecular flexibility index (Phi) is 5.59. The van der Waals surface area contributed by atoms with Crippen molar-refractivity contribution in [1.29, 1.82) is 0 Å². The Hall–Kier alpha value is -1.36. The van der Waals surface area contributed by atoms with Crippen molar-refractivity contribution in [2.24, 2.45) is 0 Å². The number of ether oxygens (including phenoxy) is 1. The predicted octanol–water partition coefficient (Wildman–Crippen LogP) is 2.47. The molecule has 0 bridgehead atoms. The number of likely N-dealkylation sites (N-methyl/N-ethyl adjacent to an activating group) is 1. The van der Waals surface area contributed by atoms with E-state index < -0.39 is 0 Å². The molecular formula is C15H26N4O. The maximum absolute atomic E-state index is 5.61. The molecule has 1 unspecified atom stereocenters. The lowest BCUT2D eigenvalue weighted by Crippen LogP contribution is -2.42. The minimum Gasteiger partial charge on any atom is -0.478 e. The highest BCUT2D eigenvalue weighted by molar-refractivity contribution is 5.32. The zero-order chi connectivity index (χ0) is 14.4. The summed E-state index contributed by atoms with van der Waals surface area (Å²) >= 11 is 0. The molecule has 1 saturated heterocycles. The second-order valence-corrected chi connectivity index (χ2v) is 5.40. The molecule has 1 N–H and O–H groups in total. The van der Waals surface area contributed by atoms with Gasteiger partial charge >= 0.3 is 0 Å². The Morgan fingerprint density at radius 1 is 1.40 bits per heavy atom. The number of anilines is 1. The van der Waals surface area contributed by atoms with E-state index in [0.717, 1.165) is 25.2 Å². The SMILES string of the molecule is CCCOc1cc(C)nc(NC2CCCN(CC)C2)n1. The maximum Gasteiger partial charge on any atom is 0.226 e. The highest BCUT2D eigenvalue weighted by Gasteiger charge is 2.19. The van der Waals surface area contributed by atoms with Crippen molar-refractivity contribution in [1.82, 2.24) is 14.9 Å². The number of likely N-dealkylation sites (tertiary alicyclic amines) is 1. The van der Waals surface area contributed by atoms with E-state index >= 15 is 0 Å². The third kappa shape index (κ3) is 4.34. The van der Waals surface area contributed by atoms with Crippen molar-refractivity contribution in [3.05, 3.63) is 11.8 Å². The average Bonchev–Trinajstić information content (AvgIpc) is 2.44. The average molecular weight is 278 g/mol. The molecule has 1 aliphatic heterocycles. The zero-order valence-corrected chi connectivity index (χ0v) is 12.9. The number of hydrogen-bond donors (Lipinski definition) is 1. The third-order valence-corrected chi connectivity index (χ3v) is 3.57. The molecule has 0 aromatic carbocycles. The van der Waals surface area contributed by atoms with E-state index in [4.69, 9.17) is 4.74 Å². The number of aryl methyl sites for hydroxylation is 1. The van der Waals surface area contributed by atoms with Crippen molar-refractivity contribution in [3.8, 4) is 5.88 Å². The van der Waals surface area contributed by atoms with Crippen molar-refractivity contribution >= 4 is 5.95 Å². The molecule has 2 rings (SSSR count). The predicted molar refractivity (Wildman–Crippen MR) is 81.3 cm³/mol. The Morgan fingerprint density at radius 3 is 3.00 bits per heavy atom. The smallest absolute Gasteiger partial charge is 0.226 e. The molecule has 0 aliphatic carbocycles. The molecule has 5 nitrogen and oxygen atoms in total. The quantitative estimate of drug-likeness (QED) is 0.866. The van der Waals surface area contributed by atoms with Gasteiger partial charge < -0.3 is 15.0 Å². The molecule has 0 radical (unpaired) electrons. The molecule has 5 heteroatoms. The van der Waals surface area contributed by atoms with Crippen LogP contribution in [0.15, 0.2) is 6.07 Å². The van der Waals surface area contributed by atoms with Crippen LogP contribution in [0.3, 0.4) is 0 Å². The van der Waals surface area contributed by atoms with Crippen molar-refractivity contribution in [3.63, 3.8) is 0 Å². The molecule has 112 valence electrons. The van der Waals surface area contributed by atoms with Crippen LogP contribution < -0.4 is 10.1 Å². The van der Waals surface area contributed by atoms with Gasteiger partial charge in [-0.15, -0.1) is 0 Å². The first-order valence-corrected chi connectivity index (χ1v) is 7.68. The number of nitrogens with one attached hydrogen (secondary N) is 1. The minimum absolute atomic E-state index is 0.435. The molecule has 1 aromatic heterocycles. The number of hydrogen-bond acceptors (Lipinski definition) is 5. The van der Waals surface area contributed by atoms with Crippen LogP contribution in [0.1, 0.15) is 38.8 Å². The summed E-state index contributed by atoms with van der Waals surface area (Å²) in [5, 5.41) is 3.46. The van der Waals surface area contributed by atoms with Crippen LogP contribution in [-0.2, 0) is 0 Å². The van der Waals surface area contributed by atoms with E-state index in [-0.39, 0.29) is 0 Å². The van der Waals surface area contributed by atoms with Crippen LogP contribution in [-0.4, -0.2) is 47.2 Å². The second-order valence-electron chi connectivity index (χ2n) is 5.40. The first-order valence-electron chi connectivity index (χ1n) is 7.68. The van der Waals surface area contributed by atoms with Gasteiger partial charge in [0.25, 0.3) is 0 Å². The summed E-state index contributed by atoms with van der Waals surface area (Å²) < 4.78 is 5.61. The van der Waals surface area contributed by atoms with Gasteiger partial charge in [0.1, 0.15) is 0 Å². The fourth-order valence-corrected chi connectivity index (χ4v) is 2.53. The van der Waals surface area contributed by atoms with Gasteiger partial charge in [0.05, 0.1) is 6.61 Å². The third-order valence-electron chi connectivity index (χ3n) is 3.57. The summed E-state index contributed by atoms with van der Waals surface area (Å²) in [6, 6.07) is 2.32. The molecule has 1 atom stereocenters. The Labute approximate surface area is 121 Å². The van der Waals surface area contributed by atoms with Crippen LogP contribution in [0.2, 0.25) is 0 Å². The largest absolute Gasteiger partial charge is 0.478 e. The maximum atomic E-state index is 5.61. The van der Waals surface area contributed by atoms with Crippen molar-refractivity contribution in [2.45, 2.75) is 46.1 Å². The first kappa shape index (κ1) is 15.0. The lowest BCUT2D eigenvalue weighted by Gasteiger charge is -2.32. The van der Waals surface area contributed by atoms with Gasteiger partial charge in [-0.2, -0.15) is 4.98 Å². The topological polar surface area (TPSA) is 50.3 Å². The van der Waals surface area contributed by atoms with Gasteiger partial charge in [-0.25, -0.2) is 4.98 Å². The Balaban J connectivity index is 1.99. The fourth-order valence-electron chi connectivity index (χ4n) is 2.53. The summed E-state index contributed by atoms with van der Waals surface area (Å²) in [5.74, 6) is 1.36. The summed E-state index contributed by atoms with van der Waals surface area (Å²) in [7, 11) is 0. The minimum atomic E-state index is 0.435. The molecule has 20 heavy (non-hydrogen) atoms. The van der Waals surface area contributed by atoms with Crippen LogP contribution in [0.4, 0.5) is 5.95 Å². The lowest BCUT2D eigenvalue weighted by molar-refractivity contribution is 0.226. The van der Waals surface area contributed by atoms with E-state index in [1.807, 2.05) is 13.0 Å². The Morgan fingerprint density at radius 2 is 2.25 bits per heavy atom. The number of piperidine rings is 1. The molecule has 2 heterocycles. The van der Waals surface area contributed by atoms with Gasteiger partial charge in [-0.1, -0.05) is 13.8 Å². The second kappa shape index (κ2) is 7.43. The van der Waals surface area contributed by atoms with Crippen LogP contribution in [0, 0.1) is 6.92 Å². The number of nitrogens with zero attached hydrogens (tertiary/aromatic N) is 3. The van der Waals surface area contributed by atoms with Crippen LogP contribution in [0.5, 0.6) is 5.88 Å².